The molecule has 0 aliphatic carbocycles. The van der Waals surface area contributed by atoms with Crippen molar-refractivity contribution in [3.8, 4) is 11.5 Å². The van der Waals surface area contributed by atoms with Crippen LogP contribution in [0.5, 0.6) is 0 Å². The normalized spacial score (nSPS) is 14.2. The van der Waals surface area contributed by atoms with Gasteiger partial charge in [-0.3, -0.25) is 0 Å². The van der Waals surface area contributed by atoms with Crippen molar-refractivity contribution in [2.75, 3.05) is 6.54 Å². The van der Waals surface area contributed by atoms with Gasteiger partial charge in [0.25, 0.3) is 0 Å². The molecule has 1 aromatic carbocycles. The Hall–Kier alpha value is -1.65. The van der Waals surface area contributed by atoms with Crippen LogP contribution in [0.1, 0.15) is 12.0 Å². The lowest BCUT2D eigenvalue weighted by Gasteiger charge is -2.30. The molecule has 0 saturated heterocycles. The molecular formula is C20H29NO3SSi. The van der Waals surface area contributed by atoms with Crippen molar-refractivity contribution >= 4 is 18.1 Å². The number of hydrogen-bond acceptors (Lipinski definition) is 3. The minimum atomic E-state index is -3.80. The fraction of sp³-hybridized carbons (Fsp3) is 0.400. The summed E-state index contributed by atoms with van der Waals surface area (Å²) in [7, 11) is -5.50. The van der Waals surface area contributed by atoms with Gasteiger partial charge in [-0.15, -0.1) is 18.7 Å². The Labute approximate surface area is 159 Å². The smallest absolute Gasteiger partial charge is 0.243 e. The molecule has 0 bridgehead atoms. The van der Waals surface area contributed by atoms with E-state index in [1.807, 2.05) is 6.92 Å². The van der Waals surface area contributed by atoms with E-state index in [9.17, 15) is 13.5 Å². The molecule has 4 nitrogen and oxygen atoms in total. The second-order valence-electron chi connectivity index (χ2n) is 7.20. The molecule has 1 aromatic rings. The first-order chi connectivity index (χ1) is 12.0. The number of hydrogen-bond donors (Lipinski definition) is 1. The number of rotatable bonds is 8. The van der Waals surface area contributed by atoms with E-state index in [1.165, 1.54) is 10.4 Å². The van der Waals surface area contributed by atoms with Gasteiger partial charge in [-0.25, -0.2) is 8.42 Å². The minimum absolute atomic E-state index is 0.185. The van der Waals surface area contributed by atoms with Crippen molar-refractivity contribution in [1.29, 1.82) is 0 Å². The van der Waals surface area contributed by atoms with E-state index in [0.717, 1.165) is 5.56 Å². The summed E-state index contributed by atoms with van der Waals surface area (Å²) in [6.07, 6.45) is 2.42. The fourth-order valence-corrected chi connectivity index (χ4v) is 4.47. The summed E-state index contributed by atoms with van der Waals surface area (Å²) in [6.45, 7) is 15.7. The Bertz CT molecular complexity index is 783. The van der Waals surface area contributed by atoms with E-state index in [2.05, 4.69) is 44.3 Å². The summed E-state index contributed by atoms with van der Waals surface area (Å²) < 4.78 is 27.6. The maximum Gasteiger partial charge on any atom is 0.243 e. The predicted molar refractivity (Wildman–Crippen MR) is 111 cm³/mol. The third-order valence-corrected chi connectivity index (χ3v) is 6.48. The molecule has 0 aliphatic heterocycles. The molecular weight excluding hydrogens is 362 g/mol. The Balaban J connectivity index is 3.32. The molecule has 0 aliphatic rings. The van der Waals surface area contributed by atoms with Crippen molar-refractivity contribution in [3.63, 3.8) is 0 Å². The van der Waals surface area contributed by atoms with Gasteiger partial charge in [0.2, 0.25) is 10.0 Å². The van der Waals surface area contributed by atoms with Gasteiger partial charge in [0.1, 0.15) is 14.2 Å². The van der Waals surface area contributed by atoms with Crippen LogP contribution in [0.15, 0.2) is 54.5 Å². The van der Waals surface area contributed by atoms with Crippen molar-refractivity contribution in [1.82, 2.24) is 4.31 Å². The molecule has 142 valence electrons. The van der Waals surface area contributed by atoms with Crippen molar-refractivity contribution in [2.24, 2.45) is 0 Å². The van der Waals surface area contributed by atoms with E-state index in [0.29, 0.717) is 6.42 Å². The molecule has 0 heterocycles. The Morgan fingerprint density at radius 3 is 2.27 bits per heavy atom. The van der Waals surface area contributed by atoms with Gasteiger partial charge in [-0.1, -0.05) is 55.4 Å². The molecule has 0 spiro atoms. The molecule has 26 heavy (non-hydrogen) atoms. The summed E-state index contributed by atoms with van der Waals surface area (Å²) in [6, 6.07) is 5.83. The van der Waals surface area contributed by atoms with Gasteiger partial charge in [-0.05, 0) is 25.5 Å². The van der Waals surface area contributed by atoms with Gasteiger partial charge < -0.3 is 5.11 Å². The van der Waals surface area contributed by atoms with Crippen LogP contribution in [-0.2, 0) is 10.0 Å². The van der Waals surface area contributed by atoms with Crippen LogP contribution in [0.25, 0.3) is 0 Å². The lowest BCUT2D eigenvalue weighted by molar-refractivity contribution is 0.161. The number of aliphatic hydroxyl groups is 1. The molecule has 0 amide bonds. The fourth-order valence-electron chi connectivity index (χ4n) is 2.27. The SMILES string of the molecule is C=CCCN([C@@H](C=C)[C@H](O)C#C[Si](C)(C)C)S(=O)(=O)c1ccc(C)cc1. The molecule has 0 aromatic heterocycles. The van der Waals surface area contributed by atoms with Crippen LogP contribution >= 0.6 is 0 Å². The first-order valence-corrected chi connectivity index (χ1v) is 13.5. The van der Waals surface area contributed by atoms with Crippen molar-refractivity contribution < 1.29 is 13.5 Å². The maximum atomic E-state index is 13.1. The Morgan fingerprint density at radius 1 is 1.23 bits per heavy atom. The van der Waals surface area contributed by atoms with E-state index in [4.69, 9.17) is 0 Å². The van der Waals surface area contributed by atoms with Crippen LogP contribution in [0.4, 0.5) is 0 Å². The number of aliphatic hydroxyl groups excluding tert-OH is 1. The molecule has 1 N–H and O–H groups in total. The van der Waals surface area contributed by atoms with E-state index in [-0.39, 0.29) is 11.4 Å². The lowest BCUT2D eigenvalue weighted by atomic mass is 10.1. The highest BCUT2D eigenvalue weighted by atomic mass is 32.2. The second-order valence-corrected chi connectivity index (χ2v) is 13.8. The first-order valence-electron chi connectivity index (χ1n) is 8.55. The number of nitrogens with zero attached hydrogens (tertiary/aromatic N) is 1. The summed E-state index contributed by atoms with van der Waals surface area (Å²) in [4.78, 5) is 0.185. The zero-order chi connectivity index (χ0) is 20.0. The summed E-state index contributed by atoms with van der Waals surface area (Å²) in [5.41, 5.74) is 4.07. The molecule has 1 rings (SSSR count). The minimum Gasteiger partial charge on any atom is -0.378 e. The molecule has 0 unspecified atom stereocenters. The Kier molecular flexibility index (Phi) is 8.04. The summed E-state index contributed by atoms with van der Waals surface area (Å²) in [5, 5.41) is 10.5. The van der Waals surface area contributed by atoms with E-state index < -0.39 is 30.2 Å². The average Bonchev–Trinajstić information content (AvgIpc) is 2.56. The van der Waals surface area contributed by atoms with Gasteiger partial charge in [0, 0.05) is 6.54 Å². The van der Waals surface area contributed by atoms with Gasteiger partial charge in [0.15, 0.2) is 0 Å². The maximum absolute atomic E-state index is 13.1. The second kappa shape index (κ2) is 9.33. The first kappa shape index (κ1) is 22.4. The largest absolute Gasteiger partial charge is 0.378 e. The predicted octanol–water partition coefficient (Wildman–Crippen LogP) is 3.36. The van der Waals surface area contributed by atoms with Gasteiger partial charge in [0.05, 0.1) is 10.9 Å². The average molecular weight is 392 g/mol. The summed E-state index contributed by atoms with van der Waals surface area (Å²) >= 11 is 0. The highest BCUT2D eigenvalue weighted by Gasteiger charge is 2.33. The lowest BCUT2D eigenvalue weighted by Crippen LogP contribution is -2.46. The molecule has 0 saturated carbocycles. The van der Waals surface area contributed by atoms with Crippen LogP contribution in [0, 0.1) is 18.4 Å². The van der Waals surface area contributed by atoms with Crippen molar-refractivity contribution in [2.45, 2.75) is 50.0 Å². The monoisotopic (exact) mass is 391 g/mol. The van der Waals surface area contributed by atoms with Crippen molar-refractivity contribution in [3.05, 3.63) is 55.1 Å². The molecule has 0 radical (unpaired) electrons. The number of benzene rings is 1. The topological polar surface area (TPSA) is 57.6 Å². The molecule has 6 heteroatoms. The van der Waals surface area contributed by atoms with Gasteiger partial charge >= 0.3 is 0 Å². The van der Waals surface area contributed by atoms with Gasteiger partial charge in [-0.2, -0.15) is 4.31 Å². The zero-order valence-corrected chi connectivity index (χ0v) is 17.9. The highest BCUT2D eigenvalue weighted by molar-refractivity contribution is 7.89. The highest BCUT2D eigenvalue weighted by Crippen LogP contribution is 2.21. The molecule has 2 atom stereocenters. The number of sulfonamides is 1. The van der Waals surface area contributed by atoms with Crippen LogP contribution in [-0.4, -0.2) is 44.6 Å². The van der Waals surface area contributed by atoms with E-state index >= 15 is 0 Å². The third kappa shape index (κ3) is 6.26. The number of aryl methyl sites for hydroxylation is 1. The quantitative estimate of drug-likeness (QED) is 0.420. The summed E-state index contributed by atoms with van der Waals surface area (Å²) in [5.74, 6) is 2.83. The van der Waals surface area contributed by atoms with Crippen LogP contribution < -0.4 is 0 Å². The van der Waals surface area contributed by atoms with Crippen LogP contribution in [0.3, 0.4) is 0 Å². The Morgan fingerprint density at radius 2 is 1.81 bits per heavy atom. The third-order valence-electron chi connectivity index (χ3n) is 3.67. The van der Waals surface area contributed by atoms with Crippen LogP contribution in [0.2, 0.25) is 19.6 Å². The standard InChI is InChI=1S/C20H29NO3SSi/c1-7-9-15-21(19(8-2)20(22)14-16-26(4,5)6)25(23,24)18-12-10-17(3)11-13-18/h7-8,10-13,19-20,22H,1-2,9,15H2,3-6H3/t19-,20+/m0/s1. The van der Waals surface area contributed by atoms with E-state index in [1.54, 1.807) is 30.3 Å². The molecule has 0 fully saturated rings. The zero-order valence-electron chi connectivity index (χ0n) is 16.1.